The second-order valence-electron chi connectivity index (χ2n) is 3.00. The minimum Gasteiger partial charge on any atom is -0.351 e. The highest BCUT2D eigenvalue weighted by Gasteiger charge is 2.05. The molecule has 1 amide bonds. The number of halogens is 3. The van der Waals surface area contributed by atoms with Crippen molar-refractivity contribution >= 4 is 30.7 Å². The molecule has 17 heavy (non-hydrogen) atoms. The fourth-order valence-corrected chi connectivity index (χ4v) is 1.08. The van der Waals surface area contributed by atoms with Gasteiger partial charge in [-0.25, -0.2) is 4.39 Å². The van der Waals surface area contributed by atoms with Crippen LogP contribution in [0.1, 0.15) is 17.3 Å². The molecule has 0 aliphatic carbocycles. The Morgan fingerprint density at radius 2 is 2.06 bits per heavy atom. The van der Waals surface area contributed by atoms with Crippen molar-refractivity contribution in [1.82, 2.24) is 15.6 Å². The van der Waals surface area contributed by atoms with Crippen LogP contribution >= 0.6 is 24.8 Å². The summed E-state index contributed by atoms with van der Waals surface area (Å²) in [6, 6.07) is 1.16. The molecule has 0 fully saturated rings. The number of aromatic nitrogens is 1. The molecule has 0 aliphatic heterocycles. The van der Waals surface area contributed by atoms with Gasteiger partial charge in [-0.1, -0.05) is 6.92 Å². The van der Waals surface area contributed by atoms with E-state index in [9.17, 15) is 9.18 Å². The molecule has 1 rings (SSSR count). The van der Waals surface area contributed by atoms with Gasteiger partial charge in [0.15, 0.2) is 0 Å². The predicted molar refractivity (Wildman–Crippen MR) is 69.6 cm³/mol. The molecular weight excluding hydrogens is 268 g/mol. The summed E-state index contributed by atoms with van der Waals surface area (Å²) >= 11 is 0. The van der Waals surface area contributed by atoms with Crippen molar-refractivity contribution in [3.63, 3.8) is 0 Å². The smallest absolute Gasteiger partial charge is 0.252 e. The van der Waals surface area contributed by atoms with Crippen molar-refractivity contribution in [3.05, 3.63) is 29.8 Å². The predicted octanol–water partition coefficient (Wildman–Crippen LogP) is 1.40. The third-order valence-electron chi connectivity index (χ3n) is 1.80. The standard InChI is InChI=1S/C10H14FN3O.2ClH/c1-2-12-3-4-14-10(15)8-5-9(11)7-13-6-8;;/h5-7,12H,2-4H2,1H3,(H,14,15);2*1H. The van der Waals surface area contributed by atoms with E-state index < -0.39 is 5.82 Å². The zero-order valence-corrected chi connectivity index (χ0v) is 11.0. The average molecular weight is 284 g/mol. The monoisotopic (exact) mass is 283 g/mol. The van der Waals surface area contributed by atoms with Crippen LogP contribution in [0.15, 0.2) is 18.5 Å². The lowest BCUT2D eigenvalue weighted by atomic mass is 10.2. The van der Waals surface area contributed by atoms with Crippen molar-refractivity contribution in [2.45, 2.75) is 6.92 Å². The third kappa shape index (κ3) is 7.10. The second kappa shape index (κ2) is 10.3. The largest absolute Gasteiger partial charge is 0.351 e. The number of hydrogen-bond donors (Lipinski definition) is 2. The van der Waals surface area contributed by atoms with Crippen LogP contribution in [0.25, 0.3) is 0 Å². The van der Waals surface area contributed by atoms with Crippen molar-refractivity contribution in [2.75, 3.05) is 19.6 Å². The molecule has 0 saturated carbocycles. The Morgan fingerprint density at radius 3 is 2.65 bits per heavy atom. The van der Waals surface area contributed by atoms with Gasteiger partial charge in [0.1, 0.15) is 5.82 Å². The Labute approximate surface area is 112 Å². The lowest BCUT2D eigenvalue weighted by molar-refractivity contribution is 0.0953. The van der Waals surface area contributed by atoms with Crippen LogP contribution in [0.2, 0.25) is 0 Å². The lowest BCUT2D eigenvalue weighted by Gasteiger charge is -2.04. The van der Waals surface area contributed by atoms with E-state index in [1.807, 2.05) is 6.92 Å². The molecule has 4 nitrogen and oxygen atoms in total. The van der Waals surface area contributed by atoms with Crippen LogP contribution in [0.4, 0.5) is 4.39 Å². The first kappa shape index (κ1) is 18.5. The van der Waals surface area contributed by atoms with E-state index in [0.29, 0.717) is 13.1 Å². The zero-order valence-electron chi connectivity index (χ0n) is 9.40. The normalized spacial score (nSPS) is 8.82. The van der Waals surface area contributed by atoms with Gasteiger partial charge in [0.05, 0.1) is 11.8 Å². The maximum atomic E-state index is 12.7. The van der Waals surface area contributed by atoms with Crippen LogP contribution in [-0.4, -0.2) is 30.5 Å². The lowest BCUT2D eigenvalue weighted by Crippen LogP contribution is -2.31. The molecule has 7 heteroatoms. The molecule has 2 N–H and O–H groups in total. The van der Waals surface area contributed by atoms with Crippen LogP contribution in [0, 0.1) is 5.82 Å². The van der Waals surface area contributed by atoms with Crippen LogP contribution < -0.4 is 10.6 Å². The SMILES string of the molecule is CCNCCNC(=O)c1cncc(F)c1.Cl.Cl. The molecule has 1 heterocycles. The van der Waals surface area contributed by atoms with Gasteiger partial charge in [-0.2, -0.15) is 0 Å². The molecule has 0 saturated heterocycles. The molecule has 0 atom stereocenters. The zero-order chi connectivity index (χ0) is 11.1. The van der Waals surface area contributed by atoms with E-state index >= 15 is 0 Å². The number of nitrogens with one attached hydrogen (secondary N) is 2. The molecular formula is C10H16Cl2FN3O. The Hall–Kier alpha value is -0.910. The number of pyridine rings is 1. The van der Waals surface area contributed by atoms with Crippen molar-refractivity contribution in [1.29, 1.82) is 0 Å². The highest BCUT2D eigenvalue weighted by molar-refractivity contribution is 5.93. The molecule has 1 aromatic heterocycles. The van der Waals surface area contributed by atoms with E-state index in [1.165, 1.54) is 6.20 Å². The Kier molecular flexibility index (Phi) is 11.1. The maximum Gasteiger partial charge on any atom is 0.252 e. The maximum absolute atomic E-state index is 12.7. The summed E-state index contributed by atoms with van der Waals surface area (Å²) in [6.07, 6.45) is 2.40. The number of amides is 1. The fraction of sp³-hybridized carbons (Fsp3) is 0.400. The molecule has 0 radical (unpaired) electrons. The first-order valence-electron chi connectivity index (χ1n) is 4.83. The first-order chi connectivity index (χ1) is 7.24. The summed E-state index contributed by atoms with van der Waals surface area (Å²) in [5.41, 5.74) is 0.242. The molecule has 0 aromatic carbocycles. The summed E-state index contributed by atoms with van der Waals surface area (Å²) in [6.45, 7) is 4.06. The van der Waals surface area contributed by atoms with E-state index in [0.717, 1.165) is 18.8 Å². The summed E-state index contributed by atoms with van der Waals surface area (Å²) in [5, 5.41) is 5.71. The van der Waals surface area contributed by atoms with Gasteiger partial charge < -0.3 is 10.6 Å². The second-order valence-corrected chi connectivity index (χ2v) is 3.00. The Morgan fingerprint density at radius 1 is 1.35 bits per heavy atom. The van der Waals surface area contributed by atoms with Crippen LogP contribution in [0.3, 0.4) is 0 Å². The summed E-state index contributed by atoms with van der Waals surface area (Å²) in [4.78, 5) is 15.0. The first-order valence-corrected chi connectivity index (χ1v) is 4.83. The molecule has 0 unspecified atom stereocenters. The number of hydrogen-bond acceptors (Lipinski definition) is 3. The number of carbonyl (C=O) groups excluding carboxylic acids is 1. The van der Waals surface area contributed by atoms with Gasteiger partial charge in [0, 0.05) is 19.3 Å². The molecule has 0 bridgehead atoms. The Bertz CT molecular complexity index is 339. The van der Waals surface area contributed by atoms with Gasteiger partial charge in [-0.3, -0.25) is 9.78 Å². The minimum atomic E-state index is -0.505. The average Bonchev–Trinajstić information content (AvgIpc) is 2.24. The number of carbonyl (C=O) groups is 1. The summed E-state index contributed by atoms with van der Waals surface area (Å²) < 4.78 is 12.7. The quantitative estimate of drug-likeness (QED) is 0.804. The number of rotatable bonds is 5. The van der Waals surface area contributed by atoms with Crippen molar-refractivity contribution in [2.24, 2.45) is 0 Å². The summed E-state index contributed by atoms with van der Waals surface area (Å²) in [7, 11) is 0. The van der Waals surface area contributed by atoms with Gasteiger partial charge in [-0.15, -0.1) is 24.8 Å². The van der Waals surface area contributed by atoms with E-state index in [-0.39, 0.29) is 36.3 Å². The fourth-order valence-electron chi connectivity index (χ4n) is 1.08. The van der Waals surface area contributed by atoms with Gasteiger partial charge in [-0.05, 0) is 12.6 Å². The van der Waals surface area contributed by atoms with Gasteiger partial charge >= 0.3 is 0 Å². The van der Waals surface area contributed by atoms with Crippen LogP contribution in [0.5, 0.6) is 0 Å². The number of likely N-dealkylation sites (N-methyl/N-ethyl adjacent to an activating group) is 1. The van der Waals surface area contributed by atoms with Crippen molar-refractivity contribution in [3.8, 4) is 0 Å². The van der Waals surface area contributed by atoms with E-state index in [4.69, 9.17) is 0 Å². The number of nitrogens with zero attached hydrogens (tertiary/aromatic N) is 1. The van der Waals surface area contributed by atoms with E-state index in [1.54, 1.807) is 0 Å². The van der Waals surface area contributed by atoms with Crippen LogP contribution in [-0.2, 0) is 0 Å². The van der Waals surface area contributed by atoms with E-state index in [2.05, 4.69) is 15.6 Å². The van der Waals surface area contributed by atoms with Gasteiger partial charge in [0.25, 0.3) is 5.91 Å². The molecule has 0 aliphatic rings. The highest BCUT2D eigenvalue weighted by atomic mass is 35.5. The van der Waals surface area contributed by atoms with Crippen molar-refractivity contribution < 1.29 is 9.18 Å². The molecule has 98 valence electrons. The minimum absolute atomic E-state index is 0. The highest BCUT2D eigenvalue weighted by Crippen LogP contribution is 1.99. The Balaban J connectivity index is 0. The molecule has 0 spiro atoms. The third-order valence-corrected chi connectivity index (χ3v) is 1.80. The van der Waals surface area contributed by atoms with Gasteiger partial charge in [0.2, 0.25) is 0 Å². The topological polar surface area (TPSA) is 54.0 Å². The molecule has 1 aromatic rings. The summed E-state index contributed by atoms with van der Waals surface area (Å²) in [5.74, 6) is -0.811.